The molecule has 1 fully saturated rings. The maximum Gasteiger partial charge on any atom is 0.309 e. The number of aryl methyl sites for hydroxylation is 2. The average molecular weight is 436 g/mol. The van der Waals surface area contributed by atoms with Gasteiger partial charge in [0.25, 0.3) is 0 Å². The molecule has 0 radical (unpaired) electrons. The van der Waals surface area contributed by atoms with Crippen LogP contribution in [0.5, 0.6) is 0 Å². The van der Waals surface area contributed by atoms with Gasteiger partial charge in [-0.1, -0.05) is 42.5 Å². The van der Waals surface area contributed by atoms with E-state index in [0.717, 1.165) is 62.0 Å². The Hall–Kier alpha value is -2.70. The van der Waals surface area contributed by atoms with Gasteiger partial charge in [0.1, 0.15) is 0 Å². The summed E-state index contributed by atoms with van der Waals surface area (Å²) in [6, 6.07) is 14.1. The Morgan fingerprint density at radius 2 is 1.75 bits per heavy atom. The molecule has 0 aromatic heterocycles. The first-order chi connectivity index (χ1) is 15.5. The third-order valence-corrected chi connectivity index (χ3v) is 6.69. The maximum absolute atomic E-state index is 12.5. The van der Waals surface area contributed by atoms with Crippen LogP contribution >= 0.6 is 0 Å². The number of nitrogens with one attached hydrogen (secondary N) is 2. The zero-order valence-electron chi connectivity index (χ0n) is 18.8. The topological polar surface area (TPSA) is 81.7 Å². The fourth-order valence-electron chi connectivity index (χ4n) is 4.66. The molecule has 0 bridgehead atoms. The van der Waals surface area contributed by atoms with Crippen LogP contribution in [-0.2, 0) is 35.5 Å². The molecule has 6 heteroatoms. The summed E-state index contributed by atoms with van der Waals surface area (Å²) in [4.78, 5) is 27.2. The first-order valence-corrected chi connectivity index (χ1v) is 11.7. The molecular weight excluding hydrogens is 402 g/mol. The lowest BCUT2D eigenvalue weighted by Gasteiger charge is -2.30. The molecule has 1 saturated heterocycles. The predicted octanol–water partition coefficient (Wildman–Crippen LogP) is 2.63. The van der Waals surface area contributed by atoms with Gasteiger partial charge in [0.05, 0.1) is 12.1 Å². The number of hydrogen-bond acceptors (Lipinski definition) is 4. The van der Waals surface area contributed by atoms with Gasteiger partial charge in [-0.2, -0.15) is 0 Å². The van der Waals surface area contributed by atoms with Crippen molar-refractivity contribution in [2.24, 2.45) is 0 Å². The Balaban J connectivity index is 1.30. The second-order valence-corrected chi connectivity index (χ2v) is 9.04. The number of nitrogens with zero attached hydrogens (tertiary/aromatic N) is 1. The van der Waals surface area contributed by atoms with Crippen molar-refractivity contribution in [3.63, 3.8) is 0 Å². The maximum atomic E-state index is 12.5. The molecule has 1 atom stereocenters. The molecule has 2 amide bonds. The highest BCUT2D eigenvalue weighted by molar-refractivity contribution is 6.35. The van der Waals surface area contributed by atoms with Gasteiger partial charge in [0.2, 0.25) is 0 Å². The lowest BCUT2D eigenvalue weighted by Crippen LogP contribution is -2.41. The molecule has 2 aromatic rings. The summed E-state index contributed by atoms with van der Waals surface area (Å²) >= 11 is 0. The number of carbonyl (C=O) groups excluding carboxylic acids is 2. The Morgan fingerprint density at radius 3 is 2.53 bits per heavy atom. The van der Waals surface area contributed by atoms with Crippen LogP contribution in [0.15, 0.2) is 42.5 Å². The van der Waals surface area contributed by atoms with Crippen LogP contribution in [0.4, 0.5) is 0 Å². The van der Waals surface area contributed by atoms with Crippen molar-refractivity contribution < 1.29 is 14.7 Å². The van der Waals surface area contributed by atoms with E-state index < -0.39 is 11.8 Å². The van der Waals surface area contributed by atoms with Gasteiger partial charge in [-0.05, 0) is 66.8 Å². The van der Waals surface area contributed by atoms with Crippen molar-refractivity contribution in [3.05, 3.63) is 70.3 Å². The number of aliphatic hydroxyl groups excluding tert-OH is 1. The summed E-state index contributed by atoms with van der Waals surface area (Å²) in [5, 5.41) is 15.3. The van der Waals surface area contributed by atoms with Crippen LogP contribution in [0.1, 0.15) is 60.0 Å². The molecule has 0 spiro atoms. The lowest BCUT2D eigenvalue weighted by molar-refractivity contribution is -0.139. The number of carbonyl (C=O) groups is 2. The summed E-state index contributed by atoms with van der Waals surface area (Å²) < 4.78 is 0. The fourth-order valence-corrected chi connectivity index (χ4v) is 4.66. The molecular formula is C26H33N3O3. The molecule has 3 N–H and O–H groups in total. The third-order valence-electron chi connectivity index (χ3n) is 6.69. The van der Waals surface area contributed by atoms with Gasteiger partial charge >= 0.3 is 11.8 Å². The number of fused-ring (bicyclic) bond motifs is 1. The highest BCUT2D eigenvalue weighted by Crippen LogP contribution is 2.25. The van der Waals surface area contributed by atoms with Crippen LogP contribution < -0.4 is 10.6 Å². The second kappa shape index (κ2) is 10.3. The van der Waals surface area contributed by atoms with Crippen molar-refractivity contribution in [1.29, 1.82) is 0 Å². The monoisotopic (exact) mass is 435 g/mol. The van der Waals surface area contributed by atoms with Gasteiger partial charge in [0, 0.05) is 26.2 Å². The number of likely N-dealkylation sites (tertiary alicyclic amines) is 1. The van der Waals surface area contributed by atoms with Crippen LogP contribution in [0.2, 0.25) is 0 Å². The van der Waals surface area contributed by atoms with E-state index in [0.29, 0.717) is 6.54 Å². The van der Waals surface area contributed by atoms with E-state index >= 15 is 0 Å². The minimum atomic E-state index is -0.617. The summed E-state index contributed by atoms with van der Waals surface area (Å²) in [6.07, 6.45) is 4.78. The molecule has 32 heavy (non-hydrogen) atoms. The van der Waals surface area contributed by atoms with Crippen LogP contribution in [0.3, 0.4) is 0 Å². The number of piperidine rings is 1. The number of rotatable bonds is 6. The van der Waals surface area contributed by atoms with Crippen molar-refractivity contribution in [2.75, 3.05) is 13.1 Å². The number of benzene rings is 2. The standard InChI is InChI=1S/C26H33N3O3/c1-18(20-10-9-19-7-4-8-21(19)15-20)28-26(32)25(31)27-16-22-5-2-3-6-23(22)17-29-13-11-24(30)12-14-29/h2-3,5-6,9-10,15,18,24,30H,4,7-8,11-14,16-17H2,1H3,(H,27,31)(H,28,32)/t18-/m1/s1. The largest absolute Gasteiger partial charge is 0.393 e. The van der Waals surface area contributed by atoms with Crippen LogP contribution in [-0.4, -0.2) is 41.0 Å². The summed E-state index contributed by atoms with van der Waals surface area (Å²) in [7, 11) is 0. The molecule has 170 valence electrons. The molecule has 1 aliphatic carbocycles. The van der Waals surface area contributed by atoms with Gasteiger partial charge in [-0.25, -0.2) is 0 Å². The lowest BCUT2D eigenvalue weighted by atomic mass is 10.0. The minimum absolute atomic E-state index is 0.196. The summed E-state index contributed by atoms with van der Waals surface area (Å²) in [5.74, 6) is -1.23. The second-order valence-electron chi connectivity index (χ2n) is 9.04. The summed E-state index contributed by atoms with van der Waals surface area (Å²) in [5.41, 5.74) is 5.92. The van der Waals surface area contributed by atoms with Gasteiger partial charge in [0.15, 0.2) is 0 Å². The van der Waals surface area contributed by atoms with Gasteiger partial charge in [-0.3, -0.25) is 14.5 Å². The fraction of sp³-hybridized carbons (Fsp3) is 0.462. The van der Waals surface area contributed by atoms with E-state index in [1.54, 1.807) is 0 Å². The quantitative estimate of drug-likeness (QED) is 0.610. The third kappa shape index (κ3) is 5.56. The number of aliphatic hydroxyl groups is 1. The minimum Gasteiger partial charge on any atom is -0.393 e. The van der Waals surface area contributed by atoms with E-state index in [4.69, 9.17) is 0 Å². The highest BCUT2D eigenvalue weighted by Gasteiger charge is 2.20. The van der Waals surface area contributed by atoms with Crippen molar-refractivity contribution >= 4 is 11.8 Å². The normalized spacial score (nSPS) is 17.6. The average Bonchev–Trinajstić information content (AvgIpc) is 3.27. The van der Waals surface area contributed by atoms with E-state index in [2.05, 4.69) is 33.7 Å². The molecule has 1 aliphatic heterocycles. The number of amides is 2. The molecule has 1 heterocycles. The molecule has 6 nitrogen and oxygen atoms in total. The van der Waals surface area contributed by atoms with E-state index in [9.17, 15) is 14.7 Å². The molecule has 2 aromatic carbocycles. The van der Waals surface area contributed by atoms with Crippen molar-refractivity contribution in [2.45, 2.75) is 64.3 Å². The smallest absolute Gasteiger partial charge is 0.309 e. The highest BCUT2D eigenvalue weighted by atomic mass is 16.3. The van der Waals surface area contributed by atoms with Crippen LogP contribution in [0.25, 0.3) is 0 Å². The van der Waals surface area contributed by atoms with Crippen LogP contribution in [0, 0.1) is 0 Å². The SMILES string of the molecule is C[C@@H](NC(=O)C(=O)NCc1ccccc1CN1CCC(O)CC1)c1ccc2c(c1)CCC2. The van der Waals surface area contributed by atoms with E-state index in [1.165, 1.54) is 17.5 Å². The van der Waals surface area contributed by atoms with E-state index in [1.807, 2.05) is 31.2 Å². The van der Waals surface area contributed by atoms with Crippen molar-refractivity contribution in [3.8, 4) is 0 Å². The van der Waals surface area contributed by atoms with E-state index in [-0.39, 0.29) is 12.1 Å². The number of hydrogen-bond donors (Lipinski definition) is 3. The molecule has 0 saturated carbocycles. The summed E-state index contributed by atoms with van der Waals surface area (Å²) in [6.45, 7) is 4.73. The Labute approximate surface area is 190 Å². The predicted molar refractivity (Wildman–Crippen MR) is 124 cm³/mol. The zero-order chi connectivity index (χ0) is 22.5. The molecule has 0 unspecified atom stereocenters. The molecule has 2 aliphatic rings. The van der Waals surface area contributed by atoms with Gasteiger partial charge in [-0.15, -0.1) is 0 Å². The first kappa shape index (κ1) is 22.5. The Kier molecular flexibility index (Phi) is 7.22. The zero-order valence-corrected chi connectivity index (χ0v) is 18.8. The Morgan fingerprint density at radius 1 is 1.03 bits per heavy atom. The molecule has 4 rings (SSSR count). The Bertz CT molecular complexity index is 967. The van der Waals surface area contributed by atoms with Crippen molar-refractivity contribution in [1.82, 2.24) is 15.5 Å². The van der Waals surface area contributed by atoms with Gasteiger partial charge < -0.3 is 15.7 Å². The first-order valence-electron chi connectivity index (χ1n) is 11.7.